The average Bonchev–Trinajstić information content (AvgIpc) is 3.11. The number of rotatable bonds is 7. The van der Waals surface area contributed by atoms with Gasteiger partial charge in [-0.2, -0.15) is 0 Å². The first-order chi connectivity index (χ1) is 13.5. The monoisotopic (exact) mass is 414 g/mol. The maximum Gasteiger partial charge on any atom is 0.321 e. The van der Waals surface area contributed by atoms with Crippen molar-refractivity contribution in [3.05, 3.63) is 42.0 Å². The Morgan fingerprint density at radius 2 is 1.96 bits per heavy atom. The van der Waals surface area contributed by atoms with Crippen LogP contribution < -0.4 is 10.6 Å². The van der Waals surface area contributed by atoms with Crippen molar-refractivity contribution in [1.82, 2.24) is 20.6 Å². The number of benzene rings is 1. The number of thiophene rings is 1. The molecular weight excluding hydrogens is 392 g/mol. The van der Waals surface area contributed by atoms with Crippen molar-refractivity contribution < 1.29 is 9.59 Å². The van der Waals surface area contributed by atoms with E-state index in [1.165, 1.54) is 18.1 Å². The lowest BCUT2D eigenvalue weighted by molar-refractivity contribution is -0.117. The van der Waals surface area contributed by atoms with Gasteiger partial charge in [-0.1, -0.05) is 55.9 Å². The van der Waals surface area contributed by atoms with Crippen LogP contribution in [-0.2, 0) is 4.79 Å². The zero-order chi connectivity index (χ0) is 19.9. The molecule has 0 aliphatic carbocycles. The molecule has 8 heteroatoms. The molecule has 0 atom stereocenters. The summed E-state index contributed by atoms with van der Waals surface area (Å²) in [7, 11) is 0. The molecule has 28 heavy (non-hydrogen) atoms. The Balaban J connectivity index is 1.65. The Kier molecular flexibility index (Phi) is 7.00. The average molecular weight is 415 g/mol. The second-order valence-corrected chi connectivity index (χ2v) is 8.47. The van der Waals surface area contributed by atoms with E-state index in [-0.39, 0.29) is 11.7 Å². The van der Waals surface area contributed by atoms with Crippen molar-refractivity contribution >= 4 is 45.3 Å². The maximum absolute atomic E-state index is 12.1. The van der Waals surface area contributed by atoms with Crippen molar-refractivity contribution in [3.8, 4) is 11.1 Å². The number of carbonyl (C=O) groups is 2. The van der Waals surface area contributed by atoms with Crippen LogP contribution >= 0.6 is 23.1 Å². The third-order valence-corrected chi connectivity index (χ3v) is 5.90. The molecule has 0 spiro atoms. The number of fused-ring (bicyclic) bond motifs is 1. The van der Waals surface area contributed by atoms with Crippen LogP contribution in [0.4, 0.5) is 4.79 Å². The van der Waals surface area contributed by atoms with Crippen molar-refractivity contribution in [1.29, 1.82) is 0 Å². The first-order valence-corrected chi connectivity index (χ1v) is 10.9. The van der Waals surface area contributed by atoms with Crippen LogP contribution in [0.5, 0.6) is 0 Å². The summed E-state index contributed by atoms with van der Waals surface area (Å²) in [4.78, 5) is 33.5. The first kappa shape index (κ1) is 20.3. The number of hydrogen-bond donors (Lipinski definition) is 2. The number of nitrogens with one attached hydrogen (secondary N) is 2. The number of thioether (sulfide) groups is 1. The highest BCUT2D eigenvalue weighted by atomic mass is 32.2. The summed E-state index contributed by atoms with van der Waals surface area (Å²) in [6.07, 6.45) is 2.38. The van der Waals surface area contributed by atoms with Crippen molar-refractivity contribution in [2.45, 2.75) is 25.3 Å². The lowest BCUT2D eigenvalue weighted by Gasteiger charge is -2.08. The quantitative estimate of drug-likeness (QED) is 0.444. The molecule has 0 saturated carbocycles. The summed E-state index contributed by atoms with van der Waals surface area (Å²) in [5.41, 5.74) is 2.13. The van der Waals surface area contributed by atoms with E-state index in [0.29, 0.717) is 12.5 Å². The van der Waals surface area contributed by atoms with Crippen LogP contribution in [0.3, 0.4) is 0 Å². The minimum absolute atomic E-state index is 0.105. The third-order valence-electron chi connectivity index (χ3n) is 4.02. The summed E-state index contributed by atoms with van der Waals surface area (Å²) in [5, 5.41) is 8.79. The Hall–Kier alpha value is -2.45. The van der Waals surface area contributed by atoms with Gasteiger partial charge in [0.2, 0.25) is 5.91 Å². The molecule has 0 aliphatic rings. The fourth-order valence-electron chi connectivity index (χ4n) is 2.60. The van der Waals surface area contributed by atoms with Gasteiger partial charge in [0.15, 0.2) is 0 Å². The van der Waals surface area contributed by atoms with Crippen LogP contribution in [0.15, 0.2) is 47.1 Å². The molecule has 0 aliphatic heterocycles. The molecule has 3 amide bonds. The van der Waals surface area contributed by atoms with Gasteiger partial charge in [-0.3, -0.25) is 10.1 Å². The molecule has 0 radical (unpaired) electrons. The minimum Gasteiger partial charge on any atom is -0.338 e. The van der Waals surface area contributed by atoms with Gasteiger partial charge in [0.25, 0.3) is 0 Å². The Morgan fingerprint density at radius 1 is 1.18 bits per heavy atom. The van der Waals surface area contributed by atoms with Gasteiger partial charge >= 0.3 is 6.03 Å². The number of urea groups is 1. The molecule has 6 nitrogen and oxygen atoms in total. The fourth-order valence-corrected chi connectivity index (χ4v) is 4.40. The SMILES string of the molecule is CC(C)CCNC(=O)NC(=O)CSc1ncnc2scc(-c3ccccc3)c12. The first-order valence-electron chi connectivity index (χ1n) is 9.02. The van der Waals surface area contributed by atoms with E-state index < -0.39 is 6.03 Å². The summed E-state index contributed by atoms with van der Waals surface area (Å²) in [5.74, 6) is 0.250. The molecule has 1 aromatic carbocycles. The van der Waals surface area contributed by atoms with E-state index in [9.17, 15) is 9.59 Å². The lowest BCUT2D eigenvalue weighted by atomic mass is 10.1. The van der Waals surface area contributed by atoms with Crippen LogP contribution in [0.1, 0.15) is 20.3 Å². The highest BCUT2D eigenvalue weighted by molar-refractivity contribution is 8.00. The van der Waals surface area contributed by atoms with Gasteiger partial charge in [-0.05, 0) is 17.9 Å². The van der Waals surface area contributed by atoms with Crippen LogP contribution in [0, 0.1) is 5.92 Å². The molecular formula is C20H22N4O2S2. The Morgan fingerprint density at radius 3 is 2.71 bits per heavy atom. The van der Waals surface area contributed by atoms with Crippen LogP contribution in [-0.4, -0.2) is 34.2 Å². The number of aromatic nitrogens is 2. The number of carbonyl (C=O) groups excluding carboxylic acids is 2. The van der Waals surface area contributed by atoms with Crippen molar-refractivity contribution in [2.24, 2.45) is 5.92 Å². The Bertz CT molecular complexity index is 957. The normalized spacial score (nSPS) is 11.0. The molecule has 2 heterocycles. The predicted molar refractivity (Wildman–Crippen MR) is 115 cm³/mol. The minimum atomic E-state index is -0.459. The number of imide groups is 1. The van der Waals surface area contributed by atoms with Gasteiger partial charge in [-0.15, -0.1) is 11.3 Å². The van der Waals surface area contributed by atoms with E-state index in [1.807, 2.05) is 30.3 Å². The molecule has 0 fully saturated rings. The van der Waals surface area contributed by atoms with Gasteiger partial charge in [0.05, 0.1) is 11.1 Å². The van der Waals surface area contributed by atoms with Crippen molar-refractivity contribution in [3.63, 3.8) is 0 Å². The summed E-state index contributed by atoms with van der Waals surface area (Å²) >= 11 is 2.86. The van der Waals surface area contributed by atoms with Crippen molar-refractivity contribution in [2.75, 3.05) is 12.3 Å². The van der Waals surface area contributed by atoms with E-state index in [4.69, 9.17) is 0 Å². The van der Waals surface area contributed by atoms with E-state index >= 15 is 0 Å². The largest absolute Gasteiger partial charge is 0.338 e. The predicted octanol–water partition coefficient (Wildman–Crippen LogP) is 4.32. The second kappa shape index (κ2) is 9.66. The molecule has 2 aromatic heterocycles. The zero-order valence-electron chi connectivity index (χ0n) is 15.8. The molecule has 0 saturated heterocycles. The van der Waals surface area contributed by atoms with E-state index in [2.05, 4.69) is 39.8 Å². The van der Waals surface area contributed by atoms with Crippen LogP contribution in [0.25, 0.3) is 21.3 Å². The highest BCUT2D eigenvalue weighted by Crippen LogP contribution is 2.37. The lowest BCUT2D eigenvalue weighted by Crippen LogP contribution is -2.40. The Labute approximate surface area is 172 Å². The summed E-state index contributed by atoms with van der Waals surface area (Å²) in [6.45, 7) is 4.71. The van der Waals surface area contributed by atoms with E-state index in [0.717, 1.165) is 32.8 Å². The molecule has 2 N–H and O–H groups in total. The summed E-state index contributed by atoms with van der Waals surface area (Å²) in [6, 6.07) is 9.57. The second-order valence-electron chi connectivity index (χ2n) is 6.65. The van der Waals surface area contributed by atoms with Gasteiger partial charge in [0.1, 0.15) is 16.2 Å². The smallest absolute Gasteiger partial charge is 0.321 e. The van der Waals surface area contributed by atoms with Gasteiger partial charge in [-0.25, -0.2) is 14.8 Å². The molecule has 3 rings (SSSR count). The highest BCUT2D eigenvalue weighted by Gasteiger charge is 2.15. The van der Waals surface area contributed by atoms with Crippen LogP contribution in [0.2, 0.25) is 0 Å². The molecule has 0 bridgehead atoms. The third kappa shape index (κ3) is 5.30. The van der Waals surface area contributed by atoms with Gasteiger partial charge < -0.3 is 5.32 Å². The summed E-state index contributed by atoms with van der Waals surface area (Å²) < 4.78 is 0. The number of amides is 3. The maximum atomic E-state index is 12.1. The molecule has 0 unspecified atom stereocenters. The number of nitrogens with zero attached hydrogens (tertiary/aromatic N) is 2. The zero-order valence-corrected chi connectivity index (χ0v) is 17.4. The fraction of sp³-hybridized carbons (Fsp3) is 0.300. The standard InChI is InChI=1S/C20H22N4O2S2/c1-13(2)8-9-21-20(26)24-16(25)11-28-19-17-15(14-6-4-3-5-7-14)10-27-18(17)22-12-23-19/h3-7,10,12-13H,8-9,11H2,1-2H3,(H2,21,24,25,26). The van der Waals surface area contributed by atoms with Gasteiger partial charge in [0, 0.05) is 17.5 Å². The topological polar surface area (TPSA) is 84.0 Å². The number of hydrogen-bond acceptors (Lipinski definition) is 6. The molecule has 3 aromatic rings. The van der Waals surface area contributed by atoms with E-state index in [1.54, 1.807) is 11.3 Å². The molecule has 146 valence electrons.